The Morgan fingerprint density at radius 1 is 1.45 bits per heavy atom. The van der Waals surface area contributed by atoms with Crippen LogP contribution in [0.2, 0.25) is 0 Å². The summed E-state index contributed by atoms with van der Waals surface area (Å²) in [5.74, 6) is 0. The molecule has 0 radical (unpaired) electrons. The Bertz CT molecular complexity index is 680. The number of aryl methyl sites for hydroxylation is 1. The molecule has 2 rings (SSSR count). The summed E-state index contributed by atoms with van der Waals surface area (Å²) < 4.78 is 27.5. The van der Waals surface area contributed by atoms with Crippen LogP contribution < -0.4 is 10.5 Å². The molecule has 7 heteroatoms. The molecule has 0 aliphatic carbocycles. The van der Waals surface area contributed by atoms with Crippen molar-refractivity contribution >= 4 is 10.0 Å². The molecule has 0 fully saturated rings. The minimum absolute atomic E-state index is 0.260. The van der Waals surface area contributed by atoms with Crippen molar-refractivity contribution in [1.82, 2.24) is 14.9 Å². The van der Waals surface area contributed by atoms with E-state index in [-0.39, 0.29) is 10.9 Å². The zero-order chi connectivity index (χ0) is 14.8. The van der Waals surface area contributed by atoms with Gasteiger partial charge in [0.15, 0.2) is 0 Å². The van der Waals surface area contributed by atoms with Crippen LogP contribution in [0.3, 0.4) is 0 Å². The molecule has 1 aromatic carbocycles. The predicted molar refractivity (Wildman–Crippen MR) is 76.4 cm³/mol. The number of sulfonamides is 1. The van der Waals surface area contributed by atoms with E-state index in [1.807, 2.05) is 6.07 Å². The molecular weight excluding hydrogens is 276 g/mol. The highest BCUT2D eigenvalue weighted by Gasteiger charge is 2.21. The van der Waals surface area contributed by atoms with Crippen molar-refractivity contribution in [2.75, 3.05) is 0 Å². The molecule has 0 saturated heterocycles. The van der Waals surface area contributed by atoms with Crippen LogP contribution in [0.5, 0.6) is 0 Å². The number of aromatic nitrogens is 2. The summed E-state index contributed by atoms with van der Waals surface area (Å²) in [6.07, 6.45) is 3.26. The molecule has 2 aromatic rings. The molecular formula is C13H18N4O2S. The molecule has 0 aliphatic rings. The van der Waals surface area contributed by atoms with Gasteiger partial charge in [0.1, 0.15) is 0 Å². The van der Waals surface area contributed by atoms with Crippen LogP contribution in [-0.2, 0) is 16.6 Å². The first-order chi connectivity index (χ1) is 9.44. The molecule has 0 spiro atoms. The number of rotatable bonds is 5. The zero-order valence-corrected chi connectivity index (χ0v) is 12.2. The molecule has 108 valence electrons. The number of hydrogen-bond acceptors (Lipinski definition) is 4. The summed E-state index contributed by atoms with van der Waals surface area (Å²) in [5, 5.41) is 6.48. The van der Waals surface area contributed by atoms with Gasteiger partial charge in [-0.1, -0.05) is 12.1 Å². The van der Waals surface area contributed by atoms with Crippen LogP contribution in [0.1, 0.15) is 29.7 Å². The summed E-state index contributed by atoms with van der Waals surface area (Å²) in [4.78, 5) is 0.260. The molecule has 0 saturated carbocycles. The van der Waals surface area contributed by atoms with Crippen molar-refractivity contribution in [3.8, 4) is 0 Å². The van der Waals surface area contributed by atoms with E-state index >= 15 is 0 Å². The van der Waals surface area contributed by atoms with Crippen LogP contribution in [0.4, 0.5) is 0 Å². The Labute approximate surface area is 118 Å². The van der Waals surface area contributed by atoms with Gasteiger partial charge in [0, 0.05) is 24.3 Å². The fraction of sp³-hybridized carbons (Fsp3) is 0.308. The average molecular weight is 294 g/mol. The summed E-state index contributed by atoms with van der Waals surface area (Å²) in [7, 11) is -3.60. The number of benzene rings is 1. The summed E-state index contributed by atoms with van der Waals surface area (Å²) >= 11 is 0. The molecule has 0 aliphatic heterocycles. The van der Waals surface area contributed by atoms with E-state index in [9.17, 15) is 8.42 Å². The summed E-state index contributed by atoms with van der Waals surface area (Å²) in [6.45, 7) is 3.84. The van der Waals surface area contributed by atoms with E-state index < -0.39 is 10.0 Å². The van der Waals surface area contributed by atoms with Gasteiger partial charge in [-0.05, 0) is 31.0 Å². The highest BCUT2D eigenvalue weighted by atomic mass is 32.2. The third kappa shape index (κ3) is 3.06. The molecule has 1 unspecified atom stereocenters. The predicted octanol–water partition coefficient (Wildman–Crippen LogP) is 1.22. The molecule has 20 heavy (non-hydrogen) atoms. The Hall–Kier alpha value is -1.70. The molecule has 0 bridgehead atoms. The lowest BCUT2D eigenvalue weighted by molar-refractivity contribution is 0.566. The molecule has 1 heterocycles. The first-order valence-corrected chi connectivity index (χ1v) is 7.73. The SMILES string of the molecule is Cc1ccc(CN)cc1S(=O)(=O)NC(C)c1cn[nH]c1. The van der Waals surface area contributed by atoms with Gasteiger partial charge in [0.05, 0.1) is 11.1 Å². The monoisotopic (exact) mass is 294 g/mol. The van der Waals surface area contributed by atoms with E-state index in [0.29, 0.717) is 12.1 Å². The Morgan fingerprint density at radius 2 is 2.20 bits per heavy atom. The van der Waals surface area contributed by atoms with Gasteiger partial charge in [-0.3, -0.25) is 5.10 Å². The second kappa shape index (κ2) is 5.74. The number of nitrogens with two attached hydrogens (primary N) is 1. The first-order valence-electron chi connectivity index (χ1n) is 6.24. The Morgan fingerprint density at radius 3 is 2.80 bits per heavy atom. The van der Waals surface area contributed by atoms with Crippen molar-refractivity contribution < 1.29 is 8.42 Å². The third-order valence-corrected chi connectivity index (χ3v) is 4.81. The molecule has 0 amide bonds. The highest BCUT2D eigenvalue weighted by Crippen LogP contribution is 2.20. The van der Waals surface area contributed by atoms with Gasteiger partial charge >= 0.3 is 0 Å². The smallest absolute Gasteiger partial charge is 0.241 e. The Kier molecular flexibility index (Phi) is 4.22. The van der Waals surface area contributed by atoms with Crippen LogP contribution in [0.15, 0.2) is 35.5 Å². The topological polar surface area (TPSA) is 101 Å². The van der Waals surface area contributed by atoms with E-state index in [4.69, 9.17) is 5.73 Å². The van der Waals surface area contributed by atoms with Crippen LogP contribution in [0.25, 0.3) is 0 Å². The van der Waals surface area contributed by atoms with Gasteiger partial charge in [-0.25, -0.2) is 13.1 Å². The van der Waals surface area contributed by atoms with Gasteiger partial charge in [-0.2, -0.15) is 5.10 Å². The maximum absolute atomic E-state index is 12.4. The van der Waals surface area contributed by atoms with E-state index in [1.165, 1.54) is 0 Å². The molecule has 1 aromatic heterocycles. The number of nitrogens with zero attached hydrogens (tertiary/aromatic N) is 1. The highest BCUT2D eigenvalue weighted by molar-refractivity contribution is 7.89. The van der Waals surface area contributed by atoms with Crippen molar-refractivity contribution in [3.05, 3.63) is 47.3 Å². The van der Waals surface area contributed by atoms with Crippen LogP contribution >= 0.6 is 0 Å². The lowest BCUT2D eigenvalue weighted by atomic mass is 10.1. The maximum atomic E-state index is 12.4. The lowest BCUT2D eigenvalue weighted by Crippen LogP contribution is -2.27. The van der Waals surface area contributed by atoms with Crippen molar-refractivity contribution in [3.63, 3.8) is 0 Å². The van der Waals surface area contributed by atoms with Crippen molar-refractivity contribution in [1.29, 1.82) is 0 Å². The fourth-order valence-corrected chi connectivity index (χ4v) is 3.45. The molecule has 6 nitrogen and oxygen atoms in total. The fourth-order valence-electron chi connectivity index (χ4n) is 1.92. The van der Waals surface area contributed by atoms with Gasteiger partial charge in [-0.15, -0.1) is 0 Å². The summed E-state index contributed by atoms with van der Waals surface area (Å²) in [6, 6.07) is 4.84. The maximum Gasteiger partial charge on any atom is 0.241 e. The van der Waals surface area contributed by atoms with Crippen LogP contribution in [0, 0.1) is 6.92 Å². The van der Waals surface area contributed by atoms with E-state index in [0.717, 1.165) is 11.1 Å². The summed E-state index contributed by atoms with van der Waals surface area (Å²) in [5.41, 5.74) is 7.81. The minimum atomic E-state index is -3.60. The second-order valence-corrected chi connectivity index (χ2v) is 6.36. The quantitative estimate of drug-likeness (QED) is 0.771. The Balaban J connectivity index is 2.31. The van der Waals surface area contributed by atoms with Crippen molar-refractivity contribution in [2.45, 2.75) is 31.3 Å². The average Bonchev–Trinajstić information content (AvgIpc) is 2.92. The number of aromatic amines is 1. The van der Waals surface area contributed by atoms with Gasteiger partial charge < -0.3 is 5.73 Å². The third-order valence-electron chi connectivity index (χ3n) is 3.13. The molecule has 1 atom stereocenters. The second-order valence-electron chi connectivity index (χ2n) is 4.68. The molecule has 4 N–H and O–H groups in total. The minimum Gasteiger partial charge on any atom is -0.326 e. The van der Waals surface area contributed by atoms with Gasteiger partial charge in [0.2, 0.25) is 10.0 Å². The standard InChI is InChI=1S/C13H18N4O2S/c1-9-3-4-11(6-14)5-13(9)20(18,19)17-10(2)12-7-15-16-8-12/h3-5,7-8,10,17H,6,14H2,1-2H3,(H,15,16). The number of nitrogens with one attached hydrogen (secondary N) is 2. The van der Waals surface area contributed by atoms with Gasteiger partial charge in [0.25, 0.3) is 0 Å². The van der Waals surface area contributed by atoms with Crippen molar-refractivity contribution in [2.24, 2.45) is 5.73 Å². The normalized spacial score (nSPS) is 13.3. The first kappa shape index (κ1) is 14.7. The zero-order valence-electron chi connectivity index (χ0n) is 11.4. The van der Waals surface area contributed by atoms with E-state index in [2.05, 4.69) is 14.9 Å². The van der Waals surface area contributed by atoms with Crippen LogP contribution in [-0.4, -0.2) is 18.6 Å². The lowest BCUT2D eigenvalue weighted by Gasteiger charge is -2.15. The van der Waals surface area contributed by atoms with E-state index in [1.54, 1.807) is 38.4 Å². The number of hydrogen-bond donors (Lipinski definition) is 3. The largest absolute Gasteiger partial charge is 0.326 e. The number of H-pyrrole nitrogens is 1.